The molecule has 2 aromatic rings. The van der Waals surface area contributed by atoms with Crippen LogP contribution < -0.4 is 5.32 Å². The number of carbonyl (C=O) groups excluding carboxylic acids is 1. The van der Waals surface area contributed by atoms with E-state index in [1.807, 2.05) is 24.3 Å². The highest BCUT2D eigenvalue weighted by atomic mass is 79.9. The molecule has 0 saturated carbocycles. The van der Waals surface area contributed by atoms with Crippen LogP contribution in [0.2, 0.25) is 0 Å². The van der Waals surface area contributed by atoms with Crippen molar-refractivity contribution in [3.63, 3.8) is 0 Å². The van der Waals surface area contributed by atoms with Gasteiger partial charge in [0.05, 0.1) is 0 Å². The first-order valence-electron chi connectivity index (χ1n) is 5.71. The Morgan fingerprint density at radius 3 is 2.61 bits per heavy atom. The maximum absolute atomic E-state index is 12.0. The van der Waals surface area contributed by atoms with Gasteiger partial charge in [0.15, 0.2) is 0 Å². The molecular weight excluding hydrogens is 292 g/mol. The van der Waals surface area contributed by atoms with E-state index in [-0.39, 0.29) is 5.91 Å². The summed E-state index contributed by atoms with van der Waals surface area (Å²) in [5.74, 6) is -0.137. The van der Waals surface area contributed by atoms with Crippen molar-refractivity contribution < 1.29 is 4.79 Å². The number of nitrogens with zero attached hydrogens (tertiary/aromatic N) is 1. The predicted molar refractivity (Wildman–Crippen MR) is 75.7 cm³/mol. The van der Waals surface area contributed by atoms with E-state index < -0.39 is 0 Å². The minimum absolute atomic E-state index is 0.137. The molecule has 0 spiro atoms. The van der Waals surface area contributed by atoms with Gasteiger partial charge in [0.1, 0.15) is 4.60 Å². The minimum atomic E-state index is -0.137. The van der Waals surface area contributed by atoms with Gasteiger partial charge < -0.3 is 5.32 Å². The van der Waals surface area contributed by atoms with Crippen LogP contribution in [0.15, 0.2) is 47.2 Å². The Morgan fingerprint density at radius 1 is 1.28 bits per heavy atom. The van der Waals surface area contributed by atoms with Gasteiger partial charge in [-0.25, -0.2) is 4.98 Å². The summed E-state index contributed by atoms with van der Waals surface area (Å²) in [7, 11) is 0. The third-order valence-corrected chi connectivity index (χ3v) is 3.04. The summed E-state index contributed by atoms with van der Waals surface area (Å²) in [6.45, 7) is 2.10. The Balaban J connectivity index is 2.11. The Hall–Kier alpha value is -1.68. The van der Waals surface area contributed by atoms with Crippen LogP contribution in [0.5, 0.6) is 0 Å². The van der Waals surface area contributed by atoms with Crippen LogP contribution in [0, 0.1) is 0 Å². The van der Waals surface area contributed by atoms with Crippen molar-refractivity contribution in [2.75, 3.05) is 5.32 Å². The molecule has 0 bridgehead atoms. The zero-order valence-electron chi connectivity index (χ0n) is 9.98. The maximum Gasteiger partial charge on any atom is 0.255 e. The lowest BCUT2D eigenvalue weighted by Crippen LogP contribution is -2.11. The lowest BCUT2D eigenvalue weighted by atomic mass is 10.1. The molecule has 2 rings (SSSR count). The van der Waals surface area contributed by atoms with Crippen molar-refractivity contribution in [3.8, 4) is 0 Å². The lowest BCUT2D eigenvalue weighted by molar-refractivity contribution is 0.102. The second-order valence-electron chi connectivity index (χ2n) is 3.87. The molecule has 0 aliphatic rings. The molecule has 0 atom stereocenters. The van der Waals surface area contributed by atoms with Crippen molar-refractivity contribution in [3.05, 3.63) is 58.3 Å². The number of hydrogen-bond donors (Lipinski definition) is 1. The van der Waals surface area contributed by atoms with Crippen LogP contribution in [0.1, 0.15) is 22.8 Å². The number of nitrogens with one attached hydrogen (secondary N) is 1. The number of hydrogen-bond acceptors (Lipinski definition) is 2. The van der Waals surface area contributed by atoms with E-state index in [1.54, 1.807) is 18.3 Å². The molecule has 1 heterocycles. The minimum Gasteiger partial charge on any atom is -0.322 e. The number of amides is 1. The third-order valence-electron chi connectivity index (χ3n) is 2.61. The van der Waals surface area contributed by atoms with Crippen LogP contribution in [-0.4, -0.2) is 10.9 Å². The zero-order chi connectivity index (χ0) is 13.0. The molecular formula is C14H13BrN2O. The molecule has 1 aromatic carbocycles. The largest absolute Gasteiger partial charge is 0.322 e. The van der Waals surface area contributed by atoms with Crippen molar-refractivity contribution >= 4 is 27.5 Å². The Kier molecular flexibility index (Phi) is 4.10. The molecule has 0 fully saturated rings. The molecule has 92 valence electrons. The highest BCUT2D eigenvalue weighted by molar-refractivity contribution is 9.10. The number of carbonyl (C=O) groups is 1. The molecule has 0 aliphatic heterocycles. The predicted octanol–water partition coefficient (Wildman–Crippen LogP) is 3.66. The fourth-order valence-electron chi connectivity index (χ4n) is 1.57. The van der Waals surface area contributed by atoms with E-state index in [9.17, 15) is 4.79 Å². The van der Waals surface area contributed by atoms with Gasteiger partial charge in [-0.2, -0.15) is 0 Å². The van der Waals surface area contributed by atoms with Crippen molar-refractivity contribution in [1.82, 2.24) is 4.98 Å². The molecule has 18 heavy (non-hydrogen) atoms. The maximum atomic E-state index is 12.0. The van der Waals surface area contributed by atoms with Crippen molar-refractivity contribution in [1.29, 1.82) is 0 Å². The number of anilines is 1. The monoisotopic (exact) mass is 304 g/mol. The first kappa shape index (κ1) is 12.8. The van der Waals surface area contributed by atoms with E-state index in [4.69, 9.17) is 0 Å². The van der Waals surface area contributed by atoms with Gasteiger partial charge in [-0.3, -0.25) is 4.79 Å². The van der Waals surface area contributed by atoms with Gasteiger partial charge in [0.2, 0.25) is 0 Å². The average Bonchev–Trinajstić information content (AvgIpc) is 2.39. The normalized spacial score (nSPS) is 10.1. The van der Waals surface area contributed by atoms with Gasteiger partial charge in [0, 0.05) is 17.4 Å². The molecule has 3 nitrogen and oxygen atoms in total. The van der Waals surface area contributed by atoms with Crippen molar-refractivity contribution in [2.45, 2.75) is 13.3 Å². The number of aryl methyl sites for hydroxylation is 1. The van der Waals surface area contributed by atoms with Gasteiger partial charge in [-0.15, -0.1) is 0 Å². The van der Waals surface area contributed by atoms with Crippen LogP contribution in [0.4, 0.5) is 5.69 Å². The van der Waals surface area contributed by atoms with Crippen molar-refractivity contribution in [2.24, 2.45) is 0 Å². The van der Waals surface area contributed by atoms with Crippen LogP contribution in [0.25, 0.3) is 0 Å². The SMILES string of the molecule is CCc1ccc(NC(=O)c2ccnc(Br)c2)cc1. The van der Waals surface area contributed by atoms with Crippen LogP contribution >= 0.6 is 15.9 Å². The topological polar surface area (TPSA) is 42.0 Å². The van der Waals surface area contributed by atoms with Gasteiger partial charge in [0.25, 0.3) is 5.91 Å². The molecule has 0 unspecified atom stereocenters. The van der Waals surface area contributed by atoms with E-state index in [2.05, 4.69) is 33.2 Å². The van der Waals surface area contributed by atoms with E-state index in [0.717, 1.165) is 12.1 Å². The number of halogens is 1. The molecule has 4 heteroatoms. The van der Waals surface area contributed by atoms with E-state index in [0.29, 0.717) is 10.2 Å². The molecule has 0 radical (unpaired) electrons. The molecule has 0 aliphatic carbocycles. The van der Waals surface area contributed by atoms with E-state index >= 15 is 0 Å². The summed E-state index contributed by atoms with van der Waals surface area (Å²) in [5.41, 5.74) is 2.63. The standard InChI is InChI=1S/C14H13BrN2O/c1-2-10-3-5-12(6-4-10)17-14(18)11-7-8-16-13(15)9-11/h3-9H,2H2,1H3,(H,17,18). The number of rotatable bonds is 3. The average molecular weight is 305 g/mol. The molecule has 1 N–H and O–H groups in total. The summed E-state index contributed by atoms with van der Waals surface area (Å²) in [6.07, 6.45) is 2.59. The number of pyridine rings is 1. The second-order valence-corrected chi connectivity index (χ2v) is 4.68. The van der Waals surface area contributed by atoms with Gasteiger partial charge in [-0.05, 0) is 52.2 Å². The highest BCUT2D eigenvalue weighted by Gasteiger charge is 2.06. The zero-order valence-corrected chi connectivity index (χ0v) is 11.6. The highest BCUT2D eigenvalue weighted by Crippen LogP contribution is 2.13. The second kappa shape index (κ2) is 5.78. The third kappa shape index (κ3) is 3.17. The fourth-order valence-corrected chi connectivity index (χ4v) is 1.94. The quantitative estimate of drug-likeness (QED) is 0.879. The number of benzene rings is 1. The Bertz CT molecular complexity index is 552. The molecule has 1 aromatic heterocycles. The van der Waals surface area contributed by atoms with Gasteiger partial charge >= 0.3 is 0 Å². The summed E-state index contributed by atoms with van der Waals surface area (Å²) in [6, 6.07) is 11.2. The molecule has 0 saturated heterocycles. The Labute approximate surface area is 114 Å². The smallest absolute Gasteiger partial charge is 0.255 e. The van der Waals surface area contributed by atoms with Crippen LogP contribution in [0.3, 0.4) is 0 Å². The fraction of sp³-hybridized carbons (Fsp3) is 0.143. The van der Waals surface area contributed by atoms with Crippen LogP contribution in [-0.2, 0) is 6.42 Å². The summed E-state index contributed by atoms with van der Waals surface area (Å²) >= 11 is 3.24. The molecule has 1 amide bonds. The summed E-state index contributed by atoms with van der Waals surface area (Å²) in [5, 5.41) is 2.85. The first-order valence-corrected chi connectivity index (χ1v) is 6.50. The first-order chi connectivity index (χ1) is 8.69. The Morgan fingerprint density at radius 2 is 2.00 bits per heavy atom. The number of aromatic nitrogens is 1. The lowest BCUT2D eigenvalue weighted by Gasteiger charge is -2.06. The summed E-state index contributed by atoms with van der Waals surface area (Å²) < 4.78 is 0.650. The van der Waals surface area contributed by atoms with Gasteiger partial charge in [-0.1, -0.05) is 19.1 Å². The summed E-state index contributed by atoms with van der Waals surface area (Å²) in [4.78, 5) is 15.9. The van der Waals surface area contributed by atoms with E-state index in [1.165, 1.54) is 5.56 Å².